The van der Waals surface area contributed by atoms with Crippen LogP contribution in [0.5, 0.6) is 0 Å². The standard InChI is InChI=1S/C11H19NO3/c13-6-10-7-14-9-12(10)11(15-8-10)4-2-1-3-5-11/h13H,1-9H2/t10-/m0/s1. The average Bonchev–Trinajstić information content (AvgIpc) is 2.82. The van der Waals surface area contributed by atoms with Gasteiger partial charge in [0, 0.05) is 0 Å². The lowest BCUT2D eigenvalue weighted by atomic mass is 9.89. The molecule has 1 N–H and O–H groups in total. The third-order valence-corrected chi connectivity index (χ3v) is 4.19. The predicted molar refractivity (Wildman–Crippen MR) is 54.2 cm³/mol. The molecule has 3 fully saturated rings. The maximum Gasteiger partial charge on any atom is 0.124 e. The second-order valence-corrected chi connectivity index (χ2v) is 5.08. The number of aliphatic hydroxyl groups is 1. The Hall–Kier alpha value is -0.160. The largest absolute Gasteiger partial charge is 0.394 e. The van der Waals surface area contributed by atoms with Crippen LogP contribution in [0, 0.1) is 0 Å². The smallest absolute Gasteiger partial charge is 0.124 e. The van der Waals surface area contributed by atoms with Crippen molar-refractivity contribution in [2.45, 2.75) is 43.4 Å². The second kappa shape index (κ2) is 3.42. The summed E-state index contributed by atoms with van der Waals surface area (Å²) in [5, 5.41) is 9.54. The number of aliphatic hydroxyl groups excluding tert-OH is 1. The molecular weight excluding hydrogens is 194 g/mol. The quantitative estimate of drug-likeness (QED) is 0.696. The number of hydrogen-bond acceptors (Lipinski definition) is 4. The summed E-state index contributed by atoms with van der Waals surface area (Å²) < 4.78 is 11.5. The van der Waals surface area contributed by atoms with Gasteiger partial charge in [0.15, 0.2) is 0 Å². The van der Waals surface area contributed by atoms with Crippen molar-refractivity contribution < 1.29 is 14.6 Å². The highest BCUT2D eigenvalue weighted by Crippen LogP contribution is 2.46. The van der Waals surface area contributed by atoms with Crippen molar-refractivity contribution in [3.63, 3.8) is 0 Å². The third kappa shape index (κ3) is 1.29. The van der Waals surface area contributed by atoms with Crippen LogP contribution in [0.3, 0.4) is 0 Å². The highest BCUT2D eigenvalue weighted by molar-refractivity contribution is 5.05. The van der Waals surface area contributed by atoms with Crippen LogP contribution in [0.4, 0.5) is 0 Å². The Morgan fingerprint density at radius 2 is 1.93 bits per heavy atom. The Labute approximate surface area is 90.2 Å². The van der Waals surface area contributed by atoms with Crippen molar-refractivity contribution >= 4 is 0 Å². The molecule has 1 saturated carbocycles. The van der Waals surface area contributed by atoms with Crippen molar-refractivity contribution in [2.75, 3.05) is 26.6 Å². The fourth-order valence-corrected chi connectivity index (χ4v) is 3.25. The van der Waals surface area contributed by atoms with E-state index in [0.717, 1.165) is 12.8 Å². The number of rotatable bonds is 1. The number of hydrogen-bond donors (Lipinski definition) is 1. The monoisotopic (exact) mass is 213 g/mol. The number of ether oxygens (including phenoxy) is 2. The Bertz CT molecular complexity index is 252. The van der Waals surface area contributed by atoms with E-state index in [9.17, 15) is 5.11 Å². The van der Waals surface area contributed by atoms with Crippen LogP contribution in [-0.2, 0) is 9.47 Å². The molecule has 0 aromatic carbocycles. The van der Waals surface area contributed by atoms with E-state index in [1.807, 2.05) is 0 Å². The summed E-state index contributed by atoms with van der Waals surface area (Å²) >= 11 is 0. The summed E-state index contributed by atoms with van der Waals surface area (Å²) in [6.07, 6.45) is 5.97. The van der Waals surface area contributed by atoms with Gasteiger partial charge in [-0.2, -0.15) is 0 Å². The highest BCUT2D eigenvalue weighted by Gasteiger charge is 2.58. The lowest BCUT2D eigenvalue weighted by molar-refractivity contribution is -0.126. The van der Waals surface area contributed by atoms with E-state index in [1.54, 1.807) is 0 Å². The van der Waals surface area contributed by atoms with Gasteiger partial charge in [0.05, 0.1) is 25.4 Å². The van der Waals surface area contributed by atoms with Gasteiger partial charge in [-0.3, -0.25) is 0 Å². The molecule has 4 heteroatoms. The van der Waals surface area contributed by atoms with Gasteiger partial charge in [0.1, 0.15) is 12.5 Å². The van der Waals surface area contributed by atoms with Gasteiger partial charge in [0.2, 0.25) is 0 Å². The van der Waals surface area contributed by atoms with Crippen molar-refractivity contribution in [1.82, 2.24) is 4.90 Å². The molecule has 1 spiro atoms. The van der Waals surface area contributed by atoms with Gasteiger partial charge in [0.25, 0.3) is 0 Å². The van der Waals surface area contributed by atoms with Gasteiger partial charge in [-0.05, 0) is 25.7 Å². The van der Waals surface area contributed by atoms with Gasteiger partial charge in [-0.25, -0.2) is 4.90 Å². The van der Waals surface area contributed by atoms with E-state index in [2.05, 4.69) is 4.90 Å². The Balaban J connectivity index is 1.87. The summed E-state index contributed by atoms with van der Waals surface area (Å²) in [5.74, 6) is 0. The van der Waals surface area contributed by atoms with Crippen LogP contribution in [0.1, 0.15) is 32.1 Å². The van der Waals surface area contributed by atoms with E-state index in [0.29, 0.717) is 19.9 Å². The normalized spacial score (nSPS) is 39.8. The van der Waals surface area contributed by atoms with Crippen LogP contribution in [0.15, 0.2) is 0 Å². The van der Waals surface area contributed by atoms with Gasteiger partial charge < -0.3 is 14.6 Å². The summed E-state index contributed by atoms with van der Waals surface area (Å²) in [6, 6.07) is 0. The maximum atomic E-state index is 9.54. The van der Waals surface area contributed by atoms with Crippen LogP contribution < -0.4 is 0 Å². The summed E-state index contributed by atoms with van der Waals surface area (Å²) in [5.41, 5.74) is -0.352. The Morgan fingerprint density at radius 1 is 1.13 bits per heavy atom. The SMILES string of the molecule is OC[C@@]12COCN1C1(CCCCC1)OC2. The first-order valence-corrected chi connectivity index (χ1v) is 5.92. The zero-order valence-electron chi connectivity index (χ0n) is 9.07. The molecular formula is C11H19NO3. The number of nitrogens with zero attached hydrogens (tertiary/aromatic N) is 1. The highest BCUT2D eigenvalue weighted by atomic mass is 16.6. The van der Waals surface area contributed by atoms with E-state index < -0.39 is 0 Å². The fraction of sp³-hybridized carbons (Fsp3) is 1.00. The summed E-state index contributed by atoms with van der Waals surface area (Å²) in [7, 11) is 0. The molecule has 4 nitrogen and oxygen atoms in total. The van der Waals surface area contributed by atoms with Crippen molar-refractivity contribution in [2.24, 2.45) is 0 Å². The molecule has 0 radical (unpaired) electrons. The number of fused-ring (bicyclic) bond motifs is 2. The molecule has 0 unspecified atom stereocenters. The first-order valence-electron chi connectivity index (χ1n) is 5.92. The fourth-order valence-electron chi connectivity index (χ4n) is 3.25. The third-order valence-electron chi connectivity index (χ3n) is 4.19. The summed E-state index contributed by atoms with van der Waals surface area (Å²) in [6.45, 7) is 2.02. The van der Waals surface area contributed by atoms with E-state index >= 15 is 0 Å². The molecule has 0 aromatic rings. The first kappa shape index (κ1) is 10.0. The van der Waals surface area contributed by atoms with Gasteiger partial charge in [-0.1, -0.05) is 6.42 Å². The molecule has 15 heavy (non-hydrogen) atoms. The molecule has 0 aromatic heterocycles. The zero-order chi connectivity index (χ0) is 10.4. The van der Waals surface area contributed by atoms with E-state index in [1.165, 1.54) is 19.3 Å². The molecule has 0 amide bonds. The van der Waals surface area contributed by atoms with Crippen molar-refractivity contribution in [1.29, 1.82) is 0 Å². The molecule has 2 saturated heterocycles. The molecule has 1 atom stereocenters. The Kier molecular flexibility index (Phi) is 2.28. The second-order valence-electron chi connectivity index (χ2n) is 5.08. The topological polar surface area (TPSA) is 41.9 Å². The van der Waals surface area contributed by atoms with E-state index in [4.69, 9.17) is 9.47 Å². The molecule has 3 rings (SSSR count). The van der Waals surface area contributed by atoms with E-state index in [-0.39, 0.29) is 17.9 Å². The Morgan fingerprint density at radius 3 is 2.67 bits per heavy atom. The molecule has 2 aliphatic heterocycles. The van der Waals surface area contributed by atoms with Crippen LogP contribution >= 0.6 is 0 Å². The van der Waals surface area contributed by atoms with Crippen molar-refractivity contribution in [3.05, 3.63) is 0 Å². The minimum Gasteiger partial charge on any atom is -0.394 e. The molecule has 0 bridgehead atoms. The van der Waals surface area contributed by atoms with Crippen LogP contribution in [0.2, 0.25) is 0 Å². The molecule has 3 aliphatic rings. The lowest BCUT2D eigenvalue weighted by Crippen LogP contribution is -2.55. The predicted octanol–water partition coefficient (Wildman–Crippen LogP) is 0.698. The van der Waals surface area contributed by atoms with Crippen LogP contribution in [-0.4, -0.2) is 47.8 Å². The minimum absolute atomic E-state index is 0.114. The molecule has 86 valence electrons. The lowest BCUT2D eigenvalue weighted by Gasteiger charge is -2.41. The summed E-state index contributed by atoms with van der Waals surface area (Å²) in [4.78, 5) is 2.28. The maximum absolute atomic E-state index is 9.54. The van der Waals surface area contributed by atoms with Gasteiger partial charge >= 0.3 is 0 Å². The zero-order valence-corrected chi connectivity index (χ0v) is 9.07. The van der Waals surface area contributed by atoms with Gasteiger partial charge in [-0.15, -0.1) is 0 Å². The first-order chi connectivity index (χ1) is 7.31. The van der Waals surface area contributed by atoms with Crippen LogP contribution in [0.25, 0.3) is 0 Å². The van der Waals surface area contributed by atoms with Crippen molar-refractivity contribution in [3.8, 4) is 0 Å². The molecule has 2 heterocycles. The minimum atomic E-state index is -0.239. The average molecular weight is 213 g/mol. The molecule has 1 aliphatic carbocycles.